The summed E-state index contributed by atoms with van der Waals surface area (Å²) < 4.78 is 7.24. The molecular weight excluding hydrogens is 388 g/mol. The summed E-state index contributed by atoms with van der Waals surface area (Å²) in [7, 11) is 0. The molecule has 148 valence electrons. The van der Waals surface area contributed by atoms with E-state index in [2.05, 4.69) is 11.9 Å². The van der Waals surface area contributed by atoms with E-state index >= 15 is 0 Å². The lowest BCUT2D eigenvalue weighted by Gasteiger charge is -2.10. The first-order valence-corrected chi connectivity index (χ1v) is 9.87. The third kappa shape index (κ3) is 3.51. The Morgan fingerprint density at radius 3 is 2.45 bits per heavy atom. The van der Waals surface area contributed by atoms with Crippen molar-refractivity contribution in [1.82, 2.24) is 14.5 Å². The summed E-state index contributed by atoms with van der Waals surface area (Å²) in [6.07, 6.45) is 0.916. The quantitative estimate of drug-likeness (QED) is 0.469. The van der Waals surface area contributed by atoms with Crippen LogP contribution in [0.2, 0.25) is 5.02 Å². The molecule has 0 aliphatic carbocycles. The minimum Gasteiger partial charge on any atom is -0.462 e. The lowest BCUT2D eigenvalue weighted by molar-refractivity contribution is 0.0450. The third-order valence-corrected chi connectivity index (χ3v) is 5.23. The number of ether oxygens (including phenoxy) is 1. The first-order chi connectivity index (χ1) is 14.0. The van der Waals surface area contributed by atoms with Gasteiger partial charge in [-0.15, -0.1) is 0 Å². The van der Waals surface area contributed by atoms with Gasteiger partial charge in [-0.25, -0.2) is 14.8 Å². The summed E-state index contributed by atoms with van der Waals surface area (Å²) in [5.74, 6) is 0.00794. The van der Waals surface area contributed by atoms with Crippen LogP contribution < -0.4 is 5.73 Å². The van der Waals surface area contributed by atoms with Crippen molar-refractivity contribution in [3.8, 4) is 5.69 Å². The molecule has 29 heavy (non-hydrogen) atoms. The number of nitrogen functional groups attached to an aromatic ring is 1. The van der Waals surface area contributed by atoms with Crippen molar-refractivity contribution >= 4 is 45.6 Å². The van der Waals surface area contributed by atoms with Crippen LogP contribution in [-0.4, -0.2) is 27.1 Å². The zero-order chi connectivity index (χ0) is 20.5. The van der Waals surface area contributed by atoms with Gasteiger partial charge in [-0.3, -0.25) is 4.57 Å². The predicted octanol–water partition coefficient (Wildman–Crippen LogP) is 5.01. The topological polar surface area (TPSA) is 83.0 Å². The smallest absolute Gasteiger partial charge is 0.344 e. The normalized spacial score (nSPS) is 12.4. The average molecular weight is 409 g/mol. The summed E-state index contributed by atoms with van der Waals surface area (Å²) in [6.45, 7) is 4.40. The van der Waals surface area contributed by atoms with Gasteiger partial charge in [-0.2, -0.15) is 0 Å². The van der Waals surface area contributed by atoms with E-state index in [1.165, 1.54) is 0 Å². The van der Waals surface area contributed by atoms with Crippen LogP contribution in [0.3, 0.4) is 0 Å². The van der Waals surface area contributed by atoms with Gasteiger partial charge in [0.05, 0.1) is 17.6 Å². The van der Waals surface area contributed by atoms with Crippen LogP contribution in [0.4, 0.5) is 5.82 Å². The van der Waals surface area contributed by atoms with Crippen LogP contribution in [0, 0.1) is 5.92 Å². The molecule has 7 heteroatoms. The molecule has 0 saturated heterocycles. The Labute approximate surface area is 173 Å². The van der Waals surface area contributed by atoms with E-state index in [0.29, 0.717) is 33.8 Å². The van der Waals surface area contributed by atoms with Crippen LogP contribution in [-0.2, 0) is 4.74 Å². The minimum atomic E-state index is -0.495. The maximum absolute atomic E-state index is 12.9. The van der Waals surface area contributed by atoms with Crippen LogP contribution in [0.1, 0.15) is 30.6 Å². The molecule has 6 nitrogen and oxygen atoms in total. The number of esters is 1. The number of benzene rings is 2. The molecule has 4 aromatic rings. The van der Waals surface area contributed by atoms with E-state index in [4.69, 9.17) is 27.1 Å². The van der Waals surface area contributed by atoms with Gasteiger partial charge in [0.15, 0.2) is 5.65 Å². The zero-order valence-corrected chi connectivity index (χ0v) is 17.0. The van der Waals surface area contributed by atoms with Crippen molar-refractivity contribution in [2.45, 2.75) is 20.3 Å². The van der Waals surface area contributed by atoms with Crippen LogP contribution in [0.5, 0.6) is 0 Å². The van der Waals surface area contributed by atoms with Gasteiger partial charge in [0, 0.05) is 10.7 Å². The first kappa shape index (κ1) is 19.2. The molecule has 2 heterocycles. The standard InChI is InChI=1S/C22H21ClN4O2/c1-3-13(2)12-29-22(28)18-19-21(26-17-7-5-4-6-16(17)25-19)27(20(18)24)15-10-8-14(23)9-11-15/h4-11,13H,3,12,24H2,1-2H3/t13-/m0/s1. The number of carbonyl (C=O) groups is 1. The number of nitrogens with two attached hydrogens (primary N) is 1. The fourth-order valence-corrected chi connectivity index (χ4v) is 3.25. The Kier molecular flexibility index (Phi) is 5.11. The lowest BCUT2D eigenvalue weighted by atomic mass is 10.1. The third-order valence-electron chi connectivity index (χ3n) is 4.98. The number of nitrogens with zero attached hydrogens (tertiary/aromatic N) is 3. The van der Waals surface area contributed by atoms with Crippen LogP contribution in [0.25, 0.3) is 27.9 Å². The molecular formula is C22H21ClN4O2. The number of hydrogen-bond acceptors (Lipinski definition) is 5. The van der Waals surface area contributed by atoms with Crippen molar-refractivity contribution in [1.29, 1.82) is 0 Å². The van der Waals surface area contributed by atoms with Crippen molar-refractivity contribution in [3.63, 3.8) is 0 Å². The Morgan fingerprint density at radius 1 is 1.14 bits per heavy atom. The summed E-state index contributed by atoms with van der Waals surface area (Å²) >= 11 is 6.03. The number of aromatic nitrogens is 3. The molecule has 0 bridgehead atoms. The summed E-state index contributed by atoms with van der Waals surface area (Å²) in [6, 6.07) is 14.7. The van der Waals surface area contributed by atoms with Gasteiger partial charge in [-0.05, 0) is 42.3 Å². The largest absolute Gasteiger partial charge is 0.462 e. The van der Waals surface area contributed by atoms with Gasteiger partial charge in [0.25, 0.3) is 0 Å². The molecule has 0 aliphatic rings. The van der Waals surface area contributed by atoms with Gasteiger partial charge in [0.1, 0.15) is 16.9 Å². The molecule has 0 aliphatic heterocycles. The van der Waals surface area contributed by atoms with Crippen LogP contribution >= 0.6 is 11.6 Å². The number of fused-ring (bicyclic) bond motifs is 2. The molecule has 2 aromatic heterocycles. The number of para-hydroxylation sites is 2. The van der Waals surface area contributed by atoms with E-state index in [9.17, 15) is 4.79 Å². The monoisotopic (exact) mass is 408 g/mol. The van der Waals surface area contributed by atoms with Gasteiger partial charge < -0.3 is 10.5 Å². The number of halogens is 1. The number of anilines is 1. The molecule has 0 unspecified atom stereocenters. The average Bonchev–Trinajstić information content (AvgIpc) is 3.01. The molecule has 4 rings (SSSR count). The van der Waals surface area contributed by atoms with Gasteiger partial charge in [0.2, 0.25) is 0 Å². The Hall–Kier alpha value is -3.12. The van der Waals surface area contributed by atoms with Gasteiger partial charge in [-0.1, -0.05) is 44.0 Å². The summed E-state index contributed by atoms with van der Waals surface area (Å²) in [4.78, 5) is 22.3. The number of rotatable bonds is 5. The SMILES string of the molecule is CC[C@H](C)COC(=O)c1c(N)n(-c2ccc(Cl)cc2)c2nc3ccccc3nc12. The number of carbonyl (C=O) groups excluding carboxylic acids is 1. The van der Waals surface area contributed by atoms with Crippen molar-refractivity contribution in [2.24, 2.45) is 5.92 Å². The second-order valence-corrected chi connectivity index (χ2v) is 7.50. The molecule has 1 atom stereocenters. The highest BCUT2D eigenvalue weighted by Gasteiger charge is 2.26. The predicted molar refractivity (Wildman–Crippen MR) is 116 cm³/mol. The van der Waals surface area contributed by atoms with E-state index in [0.717, 1.165) is 12.1 Å². The number of hydrogen-bond donors (Lipinski definition) is 1. The van der Waals surface area contributed by atoms with E-state index in [-0.39, 0.29) is 17.3 Å². The van der Waals surface area contributed by atoms with E-state index in [1.807, 2.05) is 43.3 Å². The molecule has 0 radical (unpaired) electrons. The molecule has 2 aromatic carbocycles. The highest BCUT2D eigenvalue weighted by Crippen LogP contribution is 2.32. The molecule has 2 N–H and O–H groups in total. The van der Waals surface area contributed by atoms with Gasteiger partial charge >= 0.3 is 5.97 Å². The molecule has 0 amide bonds. The maximum Gasteiger partial charge on any atom is 0.344 e. The Bertz CT molecular complexity index is 1200. The van der Waals surface area contributed by atoms with Crippen molar-refractivity contribution < 1.29 is 9.53 Å². The fourth-order valence-electron chi connectivity index (χ4n) is 3.12. The molecule has 0 spiro atoms. The summed E-state index contributed by atoms with van der Waals surface area (Å²) in [5, 5.41) is 0.605. The Morgan fingerprint density at radius 2 is 1.79 bits per heavy atom. The second kappa shape index (κ2) is 7.72. The minimum absolute atomic E-state index is 0.233. The first-order valence-electron chi connectivity index (χ1n) is 9.49. The second-order valence-electron chi connectivity index (χ2n) is 7.07. The molecule has 0 saturated carbocycles. The zero-order valence-electron chi connectivity index (χ0n) is 16.2. The maximum atomic E-state index is 12.9. The lowest BCUT2D eigenvalue weighted by Crippen LogP contribution is -2.13. The van der Waals surface area contributed by atoms with Crippen molar-refractivity contribution in [3.05, 3.63) is 59.1 Å². The molecule has 0 fully saturated rings. The van der Waals surface area contributed by atoms with E-state index in [1.54, 1.807) is 16.7 Å². The fraction of sp³-hybridized carbons (Fsp3) is 0.227. The highest BCUT2D eigenvalue weighted by atomic mass is 35.5. The Balaban J connectivity index is 1.94. The van der Waals surface area contributed by atoms with Crippen LogP contribution in [0.15, 0.2) is 48.5 Å². The van der Waals surface area contributed by atoms with Crippen molar-refractivity contribution in [2.75, 3.05) is 12.3 Å². The van der Waals surface area contributed by atoms with E-state index < -0.39 is 5.97 Å². The highest BCUT2D eigenvalue weighted by molar-refractivity contribution is 6.30. The summed E-state index contributed by atoms with van der Waals surface area (Å²) in [5.41, 5.74) is 9.73.